The molecule has 0 aromatic heterocycles. The Labute approximate surface area is 103 Å². The summed E-state index contributed by atoms with van der Waals surface area (Å²) in [7, 11) is 1.59. The highest BCUT2D eigenvalue weighted by molar-refractivity contribution is 9.10. The second-order valence-corrected chi connectivity index (χ2v) is 3.95. The summed E-state index contributed by atoms with van der Waals surface area (Å²) in [5.74, 6) is 0.736. The van der Waals surface area contributed by atoms with Crippen LogP contribution < -0.4 is 10.1 Å². The van der Waals surface area contributed by atoms with Crippen molar-refractivity contribution in [2.75, 3.05) is 13.7 Å². The minimum atomic E-state index is -0.426. The molecule has 0 aliphatic rings. The summed E-state index contributed by atoms with van der Waals surface area (Å²) in [5.41, 5.74) is 0.893. The number of hydrogen-bond acceptors (Lipinski definition) is 3. The average molecular weight is 288 g/mol. The van der Waals surface area contributed by atoms with Gasteiger partial charge in [-0.15, -0.1) is 0 Å². The quantitative estimate of drug-likeness (QED) is 0.926. The molecule has 0 saturated heterocycles. The van der Waals surface area contributed by atoms with Gasteiger partial charge in [-0.2, -0.15) is 0 Å². The number of carbonyl (C=O) groups is 1. The van der Waals surface area contributed by atoms with Gasteiger partial charge < -0.3 is 14.8 Å². The number of nitrogens with one attached hydrogen (secondary N) is 1. The number of carbonyl (C=O) groups excluding carboxylic acids is 1. The predicted octanol–water partition coefficient (Wildman–Crippen LogP) is 2.70. The van der Waals surface area contributed by atoms with Crippen molar-refractivity contribution in [1.82, 2.24) is 5.32 Å². The molecule has 0 aliphatic carbocycles. The fourth-order valence-electron chi connectivity index (χ4n) is 1.23. The van der Waals surface area contributed by atoms with Crippen molar-refractivity contribution in [3.05, 3.63) is 28.2 Å². The number of halogens is 1. The van der Waals surface area contributed by atoms with Gasteiger partial charge in [0.2, 0.25) is 0 Å². The van der Waals surface area contributed by atoms with Crippen LogP contribution in [0.2, 0.25) is 0 Å². The number of ether oxygens (including phenoxy) is 2. The monoisotopic (exact) mass is 287 g/mol. The normalized spacial score (nSPS) is 9.69. The number of benzene rings is 1. The predicted molar refractivity (Wildman–Crippen MR) is 64.6 cm³/mol. The molecule has 88 valence electrons. The molecule has 0 fully saturated rings. The van der Waals surface area contributed by atoms with Crippen molar-refractivity contribution in [2.45, 2.75) is 13.5 Å². The van der Waals surface area contributed by atoms with Crippen molar-refractivity contribution in [3.63, 3.8) is 0 Å². The highest BCUT2D eigenvalue weighted by Crippen LogP contribution is 2.22. The van der Waals surface area contributed by atoms with Gasteiger partial charge in [0, 0.05) is 16.6 Å². The molecular formula is C11H14BrNO3. The van der Waals surface area contributed by atoms with Crippen molar-refractivity contribution < 1.29 is 14.3 Å². The van der Waals surface area contributed by atoms with Crippen molar-refractivity contribution in [3.8, 4) is 5.75 Å². The Kier molecular flexibility index (Phi) is 5.11. The van der Waals surface area contributed by atoms with Gasteiger partial charge in [0.25, 0.3) is 0 Å². The third-order valence-corrected chi connectivity index (χ3v) is 2.43. The van der Waals surface area contributed by atoms with E-state index in [0.29, 0.717) is 13.2 Å². The van der Waals surface area contributed by atoms with Crippen LogP contribution in [0.25, 0.3) is 0 Å². The first-order chi connectivity index (χ1) is 7.67. The average Bonchev–Trinajstić information content (AvgIpc) is 2.27. The van der Waals surface area contributed by atoms with Crippen molar-refractivity contribution in [2.24, 2.45) is 0 Å². The molecule has 0 atom stereocenters. The maximum Gasteiger partial charge on any atom is 0.407 e. The first-order valence-electron chi connectivity index (χ1n) is 4.90. The van der Waals surface area contributed by atoms with E-state index in [0.717, 1.165) is 15.8 Å². The summed E-state index contributed by atoms with van der Waals surface area (Å²) < 4.78 is 10.9. The van der Waals surface area contributed by atoms with Crippen LogP contribution in [0.15, 0.2) is 22.7 Å². The van der Waals surface area contributed by atoms with Crippen LogP contribution in [-0.2, 0) is 11.3 Å². The Morgan fingerprint density at radius 1 is 1.50 bits per heavy atom. The molecule has 1 rings (SSSR count). The van der Waals surface area contributed by atoms with Crippen molar-refractivity contribution in [1.29, 1.82) is 0 Å². The van der Waals surface area contributed by atoms with E-state index in [1.165, 1.54) is 0 Å². The number of rotatable bonds is 4. The lowest BCUT2D eigenvalue weighted by Gasteiger charge is -2.10. The molecule has 16 heavy (non-hydrogen) atoms. The maximum absolute atomic E-state index is 11.1. The van der Waals surface area contributed by atoms with Crippen molar-refractivity contribution >= 4 is 22.0 Å². The van der Waals surface area contributed by atoms with E-state index in [9.17, 15) is 4.79 Å². The summed E-state index contributed by atoms with van der Waals surface area (Å²) >= 11 is 3.36. The zero-order valence-electron chi connectivity index (χ0n) is 9.25. The maximum atomic E-state index is 11.1. The van der Waals surface area contributed by atoms with Crippen LogP contribution in [0.1, 0.15) is 12.5 Å². The Bertz CT molecular complexity index is 368. The third kappa shape index (κ3) is 3.73. The smallest absolute Gasteiger partial charge is 0.407 e. The third-order valence-electron chi connectivity index (χ3n) is 1.94. The van der Waals surface area contributed by atoms with Crippen LogP contribution >= 0.6 is 15.9 Å². The lowest BCUT2D eigenvalue weighted by Crippen LogP contribution is -2.23. The summed E-state index contributed by atoms with van der Waals surface area (Å²) in [4.78, 5) is 11.1. The Balaban J connectivity index is 2.65. The molecule has 4 nitrogen and oxygen atoms in total. The fraction of sp³-hybridized carbons (Fsp3) is 0.364. The minimum absolute atomic E-state index is 0.363. The first-order valence-corrected chi connectivity index (χ1v) is 5.69. The van der Waals surface area contributed by atoms with Crippen LogP contribution in [0.5, 0.6) is 5.75 Å². The van der Waals surface area contributed by atoms with Gasteiger partial charge in [0.05, 0.1) is 13.7 Å². The molecule has 0 radical (unpaired) electrons. The number of methoxy groups -OCH3 is 1. The molecule has 1 aromatic carbocycles. The van der Waals surface area contributed by atoms with E-state index in [-0.39, 0.29) is 0 Å². The standard InChI is InChI=1S/C11H14BrNO3/c1-3-16-11(14)13-7-8-6-9(12)4-5-10(8)15-2/h4-6H,3,7H2,1-2H3,(H,13,14). The summed E-state index contributed by atoms with van der Waals surface area (Å²) in [6, 6.07) is 5.62. The Morgan fingerprint density at radius 3 is 2.88 bits per heavy atom. The van der Waals surface area contributed by atoms with Gasteiger partial charge in [0.15, 0.2) is 0 Å². The van der Waals surface area contributed by atoms with E-state index in [4.69, 9.17) is 9.47 Å². The molecular weight excluding hydrogens is 274 g/mol. The lowest BCUT2D eigenvalue weighted by molar-refractivity contribution is 0.151. The van der Waals surface area contributed by atoms with E-state index in [1.807, 2.05) is 18.2 Å². The van der Waals surface area contributed by atoms with Gasteiger partial charge in [0.1, 0.15) is 5.75 Å². The van der Waals surface area contributed by atoms with E-state index >= 15 is 0 Å². The molecule has 0 heterocycles. The van der Waals surface area contributed by atoms with Crippen LogP contribution in [-0.4, -0.2) is 19.8 Å². The lowest BCUT2D eigenvalue weighted by atomic mass is 10.2. The largest absolute Gasteiger partial charge is 0.496 e. The van der Waals surface area contributed by atoms with Gasteiger partial charge in [-0.3, -0.25) is 0 Å². The summed E-state index contributed by atoms with van der Waals surface area (Å²) in [6.45, 7) is 2.50. The van der Waals surface area contributed by atoms with Gasteiger partial charge in [-0.05, 0) is 25.1 Å². The SMILES string of the molecule is CCOC(=O)NCc1cc(Br)ccc1OC. The molecule has 1 N–H and O–H groups in total. The number of amides is 1. The second kappa shape index (κ2) is 6.37. The zero-order chi connectivity index (χ0) is 12.0. The van der Waals surface area contributed by atoms with E-state index < -0.39 is 6.09 Å². The summed E-state index contributed by atoms with van der Waals surface area (Å²) in [6.07, 6.45) is -0.426. The zero-order valence-corrected chi connectivity index (χ0v) is 10.8. The first kappa shape index (κ1) is 12.8. The second-order valence-electron chi connectivity index (χ2n) is 3.03. The fourth-order valence-corrected chi connectivity index (χ4v) is 1.64. The summed E-state index contributed by atoms with van der Waals surface area (Å²) in [5, 5.41) is 2.64. The number of hydrogen-bond donors (Lipinski definition) is 1. The topological polar surface area (TPSA) is 47.6 Å². The highest BCUT2D eigenvalue weighted by atomic mass is 79.9. The Morgan fingerprint density at radius 2 is 2.25 bits per heavy atom. The van der Waals surface area contributed by atoms with Crippen LogP contribution in [0, 0.1) is 0 Å². The highest BCUT2D eigenvalue weighted by Gasteiger charge is 2.06. The van der Waals surface area contributed by atoms with E-state index in [1.54, 1.807) is 14.0 Å². The molecule has 1 aromatic rings. The van der Waals surface area contributed by atoms with Crippen LogP contribution in [0.4, 0.5) is 4.79 Å². The molecule has 5 heteroatoms. The van der Waals surface area contributed by atoms with E-state index in [2.05, 4.69) is 21.2 Å². The molecule has 0 aliphatic heterocycles. The number of alkyl carbamates (subject to hydrolysis) is 1. The molecule has 0 spiro atoms. The van der Waals surface area contributed by atoms with Gasteiger partial charge in [-0.1, -0.05) is 15.9 Å². The Hall–Kier alpha value is -1.23. The molecule has 1 amide bonds. The molecule has 0 bridgehead atoms. The van der Waals surface area contributed by atoms with Crippen LogP contribution in [0.3, 0.4) is 0 Å². The molecule has 0 unspecified atom stereocenters. The van der Waals surface area contributed by atoms with Gasteiger partial charge >= 0.3 is 6.09 Å². The molecule has 0 saturated carbocycles. The minimum Gasteiger partial charge on any atom is -0.496 e. The van der Waals surface area contributed by atoms with Gasteiger partial charge in [-0.25, -0.2) is 4.79 Å².